The summed E-state index contributed by atoms with van der Waals surface area (Å²) in [4.78, 5) is 3.89. The van der Waals surface area contributed by atoms with Crippen LogP contribution in [-0.4, -0.2) is 12.6 Å². The molecule has 0 aromatic heterocycles. The molecule has 0 aliphatic rings. The van der Waals surface area contributed by atoms with Crippen LogP contribution in [0.15, 0.2) is 29.3 Å². The van der Waals surface area contributed by atoms with Crippen LogP contribution >= 0.6 is 0 Å². The minimum Gasteiger partial charge on any atom is -0.494 e. The Morgan fingerprint density at radius 3 is 2.85 bits per heavy atom. The molecule has 0 heterocycles. The number of rotatable bonds is 3. The highest BCUT2D eigenvalue weighted by atomic mass is 16.5. The Bertz CT molecular complexity index is 305. The number of guanidine groups is 1. The van der Waals surface area contributed by atoms with E-state index in [1.807, 2.05) is 25.1 Å². The van der Waals surface area contributed by atoms with Crippen molar-refractivity contribution in [2.24, 2.45) is 16.5 Å². The first-order chi connectivity index (χ1) is 6.22. The average molecular weight is 179 g/mol. The van der Waals surface area contributed by atoms with Crippen molar-refractivity contribution in [3.8, 4) is 5.75 Å². The fraction of sp³-hybridized carbons (Fsp3) is 0.222. The Morgan fingerprint density at radius 2 is 2.23 bits per heavy atom. The van der Waals surface area contributed by atoms with Crippen molar-refractivity contribution in [3.05, 3.63) is 24.3 Å². The standard InChI is InChI=1S/C9H13N3O/c1-2-13-8-5-3-4-7(6-8)12-9(10)11/h3-6H,2H2,1H3,(H4,10,11,12). The van der Waals surface area contributed by atoms with Gasteiger partial charge in [-0.2, -0.15) is 0 Å². The third-order valence-electron chi connectivity index (χ3n) is 1.39. The van der Waals surface area contributed by atoms with E-state index in [0.29, 0.717) is 12.3 Å². The molecule has 0 unspecified atom stereocenters. The Kier molecular flexibility index (Phi) is 3.14. The molecule has 0 bridgehead atoms. The van der Waals surface area contributed by atoms with Gasteiger partial charge in [0.2, 0.25) is 0 Å². The van der Waals surface area contributed by atoms with Crippen LogP contribution in [0.25, 0.3) is 0 Å². The molecule has 0 aliphatic heterocycles. The van der Waals surface area contributed by atoms with Crippen molar-refractivity contribution < 1.29 is 4.74 Å². The Morgan fingerprint density at radius 1 is 1.46 bits per heavy atom. The average Bonchev–Trinajstić information content (AvgIpc) is 2.04. The van der Waals surface area contributed by atoms with E-state index >= 15 is 0 Å². The highest BCUT2D eigenvalue weighted by molar-refractivity contribution is 5.79. The molecule has 4 heteroatoms. The smallest absolute Gasteiger partial charge is 0.191 e. The van der Waals surface area contributed by atoms with Gasteiger partial charge in [-0.25, -0.2) is 4.99 Å². The molecule has 1 aromatic rings. The third-order valence-corrected chi connectivity index (χ3v) is 1.39. The number of hydrogen-bond acceptors (Lipinski definition) is 2. The van der Waals surface area contributed by atoms with E-state index in [9.17, 15) is 0 Å². The zero-order chi connectivity index (χ0) is 9.68. The van der Waals surface area contributed by atoms with Crippen LogP contribution in [0.4, 0.5) is 5.69 Å². The first-order valence-corrected chi connectivity index (χ1v) is 4.05. The van der Waals surface area contributed by atoms with Gasteiger partial charge in [-0.15, -0.1) is 0 Å². The molecule has 4 nitrogen and oxygen atoms in total. The van der Waals surface area contributed by atoms with Gasteiger partial charge in [-0.1, -0.05) is 6.07 Å². The van der Waals surface area contributed by atoms with Crippen LogP contribution in [0, 0.1) is 0 Å². The summed E-state index contributed by atoms with van der Waals surface area (Å²) in [5.74, 6) is 0.818. The molecule has 4 N–H and O–H groups in total. The minimum absolute atomic E-state index is 0.0497. The van der Waals surface area contributed by atoms with Crippen LogP contribution < -0.4 is 16.2 Å². The van der Waals surface area contributed by atoms with Crippen LogP contribution in [0.3, 0.4) is 0 Å². The van der Waals surface area contributed by atoms with Crippen molar-refractivity contribution in [1.29, 1.82) is 0 Å². The van der Waals surface area contributed by atoms with Crippen molar-refractivity contribution in [3.63, 3.8) is 0 Å². The number of nitrogens with zero attached hydrogens (tertiary/aromatic N) is 1. The first kappa shape index (κ1) is 9.38. The van der Waals surface area contributed by atoms with Gasteiger partial charge in [0.25, 0.3) is 0 Å². The molecule has 0 fully saturated rings. The zero-order valence-corrected chi connectivity index (χ0v) is 7.53. The third kappa shape index (κ3) is 3.02. The summed E-state index contributed by atoms with van der Waals surface area (Å²) in [6, 6.07) is 7.29. The summed E-state index contributed by atoms with van der Waals surface area (Å²) in [5, 5.41) is 0. The largest absolute Gasteiger partial charge is 0.494 e. The van der Waals surface area contributed by atoms with Crippen molar-refractivity contribution in [1.82, 2.24) is 0 Å². The number of ether oxygens (including phenoxy) is 1. The lowest BCUT2D eigenvalue weighted by Crippen LogP contribution is -2.21. The summed E-state index contributed by atoms with van der Waals surface area (Å²) < 4.78 is 5.28. The predicted molar refractivity (Wildman–Crippen MR) is 53.1 cm³/mol. The molecule has 70 valence electrons. The monoisotopic (exact) mass is 179 g/mol. The van der Waals surface area contributed by atoms with E-state index in [-0.39, 0.29) is 5.96 Å². The van der Waals surface area contributed by atoms with Gasteiger partial charge in [-0.05, 0) is 19.1 Å². The van der Waals surface area contributed by atoms with E-state index in [1.165, 1.54) is 0 Å². The van der Waals surface area contributed by atoms with Crippen molar-refractivity contribution in [2.45, 2.75) is 6.92 Å². The van der Waals surface area contributed by atoms with Crippen molar-refractivity contribution >= 4 is 11.6 Å². The maximum absolute atomic E-state index is 5.28. The molecule has 0 atom stereocenters. The lowest BCUT2D eigenvalue weighted by Gasteiger charge is -2.02. The Labute approximate surface area is 77.2 Å². The minimum atomic E-state index is 0.0497. The van der Waals surface area contributed by atoms with E-state index in [2.05, 4.69) is 4.99 Å². The van der Waals surface area contributed by atoms with Gasteiger partial charge in [-0.3, -0.25) is 0 Å². The molecule has 0 spiro atoms. The quantitative estimate of drug-likeness (QED) is 0.536. The predicted octanol–water partition coefficient (Wildman–Crippen LogP) is 0.990. The molecular formula is C9H13N3O. The summed E-state index contributed by atoms with van der Waals surface area (Å²) in [5.41, 5.74) is 11.2. The van der Waals surface area contributed by atoms with Gasteiger partial charge in [0.05, 0.1) is 12.3 Å². The lowest BCUT2D eigenvalue weighted by atomic mass is 10.3. The Balaban J connectivity index is 2.85. The molecule has 1 rings (SSSR count). The molecule has 0 amide bonds. The summed E-state index contributed by atoms with van der Waals surface area (Å²) in [7, 11) is 0. The second-order valence-corrected chi connectivity index (χ2v) is 2.47. The molecule has 1 aromatic carbocycles. The maximum atomic E-state index is 5.28. The number of aliphatic imine (C=N–C) groups is 1. The molecule has 0 radical (unpaired) electrons. The molecular weight excluding hydrogens is 166 g/mol. The lowest BCUT2D eigenvalue weighted by molar-refractivity contribution is 0.340. The van der Waals surface area contributed by atoms with Gasteiger partial charge >= 0.3 is 0 Å². The van der Waals surface area contributed by atoms with E-state index in [4.69, 9.17) is 16.2 Å². The topological polar surface area (TPSA) is 73.6 Å². The molecule has 0 aliphatic carbocycles. The summed E-state index contributed by atoms with van der Waals surface area (Å²) >= 11 is 0. The van der Waals surface area contributed by atoms with Crippen LogP contribution in [0.5, 0.6) is 5.75 Å². The number of hydrogen-bond donors (Lipinski definition) is 2. The fourth-order valence-corrected chi connectivity index (χ4v) is 0.959. The maximum Gasteiger partial charge on any atom is 0.191 e. The van der Waals surface area contributed by atoms with E-state index in [1.54, 1.807) is 6.07 Å². The van der Waals surface area contributed by atoms with E-state index in [0.717, 1.165) is 5.75 Å². The van der Waals surface area contributed by atoms with Gasteiger partial charge in [0, 0.05) is 6.07 Å². The van der Waals surface area contributed by atoms with Crippen LogP contribution in [-0.2, 0) is 0 Å². The molecule has 13 heavy (non-hydrogen) atoms. The van der Waals surface area contributed by atoms with Gasteiger partial charge in [0.15, 0.2) is 5.96 Å². The van der Waals surface area contributed by atoms with E-state index < -0.39 is 0 Å². The fourth-order valence-electron chi connectivity index (χ4n) is 0.959. The highest BCUT2D eigenvalue weighted by Gasteiger charge is 1.94. The second kappa shape index (κ2) is 4.35. The van der Waals surface area contributed by atoms with Crippen LogP contribution in [0.2, 0.25) is 0 Å². The second-order valence-electron chi connectivity index (χ2n) is 2.47. The molecule has 0 saturated carbocycles. The highest BCUT2D eigenvalue weighted by Crippen LogP contribution is 2.19. The van der Waals surface area contributed by atoms with Crippen molar-refractivity contribution in [2.75, 3.05) is 6.61 Å². The Hall–Kier alpha value is -1.71. The normalized spacial score (nSPS) is 9.31. The van der Waals surface area contributed by atoms with Gasteiger partial charge < -0.3 is 16.2 Å². The van der Waals surface area contributed by atoms with Crippen LogP contribution in [0.1, 0.15) is 6.92 Å². The summed E-state index contributed by atoms with van der Waals surface area (Å²) in [6.45, 7) is 2.55. The molecule has 0 saturated heterocycles. The first-order valence-electron chi connectivity index (χ1n) is 4.05. The number of nitrogens with two attached hydrogens (primary N) is 2. The SMILES string of the molecule is CCOc1cccc(N=C(N)N)c1. The number of benzene rings is 1. The zero-order valence-electron chi connectivity index (χ0n) is 7.53. The van der Waals surface area contributed by atoms with Gasteiger partial charge in [0.1, 0.15) is 5.75 Å². The summed E-state index contributed by atoms with van der Waals surface area (Å²) in [6.07, 6.45) is 0.